The highest BCUT2D eigenvalue weighted by Gasteiger charge is 2.40. The normalized spacial score (nSPS) is 22.2. The van der Waals surface area contributed by atoms with Crippen molar-refractivity contribution in [3.8, 4) is 0 Å². The van der Waals surface area contributed by atoms with Crippen LogP contribution in [0.25, 0.3) is 6.08 Å². The number of hydrogen-bond acceptors (Lipinski definition) is 4. The first kappa shape index (κ1) is 22.9. The number of carbonyl (C=O) groups excluding carboxylic acids is 1. The van der Waals surface area contributed by atoms with Gasteiger partial charge in [-0.1, -0.05) is 18.2 Å². The zero-order chi connectivity index (χ0) is 18.1. The summed E-state index contributed by atoms with van der Waals surface area (Å²) < 4.78 is 14.5. The smallest absolute Gasteiger partial charge is 0.157 e. The maximum Gasteiger partial charge on any atom is 0.157 e. The highest BCUT2D eigenvalue weighted by molar-refractivity contribution is 7.81. The zero-order valence-electron chi connectivity index (χ0n) is 15.3. The molecule has 0 bridgehead atoms. The van der Waals surface area contributed by atoms with E-state index in [0.29, 0.717) is 12.1 Å². The summed E-state index contributed by atoms with van der Waals surface area (Å²) in [5.74, 6) is 0.684. The molecule has 2 aliphatic rings. The summed E-state index contributed by atoms with van der Waals surface area (Å²) in [5, 5.41) is 0.119. The van der Waals surface area contributed by atoms with Crippen molar-refractivity contribution >= 4 is 49.3 Å². The lowest BCUT2D eigenvalue weighted by atomic mass is 9.93. The van der Waals surface area contributed by atoms with Gasteiger partial charge < -0.3 is 4.98 Å². The van der Waals surface area contributed by atoms with E-state index in [2.05, 4.69) is 14.9 Å². The maximum absolute atomic E-state index is 14.5. The van der Waals surface area contributed by atoms with Crippen molar-refractivity contribution in [2.45, 2.75) is 30.6 Å². The van der Waals surface area contributed by atoms with Crippen LogP contribution in [0.4, 0.5) is 4.39 Å². The first-order chi connectivity index (χ1) is 12.6. The standard InChI is InChI=1S/C20H22FN3OS.2ClH/c21-16-4-2-1-3-15(16)19(20(25)13-5-6-13)24-10-7-17(26)14(12-24)11-18-22-8-9-23-18;;/h1-4,8-9,11,13,17,19,26H,5-7,10,12H2,(H,22,23);2*1H. The molecule has 2 aromatic rings. The summed E-state index contributed by atoms with van der Waals surface area (Å²) in [6.07, 6.45) is 8.13. The third kappa shape index (κ3) is 4.98. The Morgan fingerprint density at radius 1 is 1.29 bits per heavy atom. The van der Waals surface area contributed by atoms with Gasteiger partial charge >= 0.3 is 0 Å². The lowest BCUT2D eigenvalue weighted by Gasteiger charge is -2.37. The van der Waals surface area contributed by atoms with E-state index in [1.807, 2.05) is 6.08 Å². The fourth-order valence-electron chi connectivity index (χ4n) is 3.60. The van der Waals surface area contributed by atoms with E-state index >= 15 is 0 Å². The first-order valence-electron chi connectivity index (χ1n) is 9.03. The van der Waals surface area contributed by atoms with Gasteiger partial charge in [0.05, 0.1) is 6.04 Å². The Morgan fingerprint density at radius 3 is 2.68 bits per heavy atom. The van der Waals surface area contributed by atoms with Crippen molar-refractivity contribution in [2.24, 2.45) is 5.92 Å². The third-order valence-electron chi connectivity index (χ3n) is 5.16. The van der Waals surface area contributed by atoms with Crippen LogP contribution < -0.4 is 0 Å². The first-order valence-corrected chi connectivity index (χ1v) is 9.55. The molecule has 2 fully saturated rings. The van der Waals surface area contributed by atoms with E-state index in [0.717, 1.165) is 37.2 Å². The van der Waals surface area contributed by atoms with Crippen LogP contribution in [0.15, 0.2) is 42.2 Å². The molecule has 152 valence electrons. The number of aromatic nitrogens is 2. The number of H-pyrrole nitrogens is 1. The molecule has 8 heteroatoms. The molecular formula is C20H24Cl2FN3OS. The van der Waals surface area contributed by atoms with E-state index in [4.69, 9.17) is 12.6 Å². The highest BCUT2D eigenvalue weighted by atomic mass is 35.5. The highest BCUT2D eigenvalue weighted by Crippen LogP contribution is 2.39. The van der Waals surface area contributed by atoms with Crippen LogP contribution in [-0.2, 0) is 4.79 Å². The van der Waals surface area contributed by atoms with Gasteiger partial charge in [0, 0.05) is 42.2 Å². The van der Waals surface area contributed by atoms with Gasteiger partial charge in [0.2, 0.25) is 0 Å². The van der Waals surface area contributed by atoms with Gasteiger partial charge in [-0.25, -0.2) is 9.37 Å². The molecule has 1 saturated heterocycles. The Bertz CT molecular complexity index is 827. The fourth-order valence-corrected chi connectivity index (χ4v) is 3.88. The van der Waals surface area contributed by atoms with E-state index in [-0.39, 0.29) is 47.6 Å². The lowest BCUT2D eigenvalue weighted by Crippen LogP contribution is -2.42. The summed E-state index contributed by atoms with van der Waals surface area (Å²) in [4.78, 5) is 22.4. The minimum atomic E-state index is -0.524. The number of likely N-dealkylation sites (tertiary alicyclic amines) is 1. The molecule has 1 aliphatic heterocycles. The molecule has 0 amide bonds. The number of thiol groups is 1. The Hall–Kier alpha value is -1.34. The largest absolute Gasteiger partial charge is 0.345 e. The van der Waals surface area contributed by atoms with Crippen molar-refractivity contribution in [3.05, 3.63) is 59.4 Å². The number of piperidine rings is 1. The molecule has 2 unspecified atom stereocenters. The van der Waals surface area contributed by atoms with Crippen LogP contribution >= 0.6 is 37.4 Å². The maximum atomic E-state index is 14.5. The number of imidazole rings is 1. The quantitative estimate of drug-likeness (QED) is 0.668. The van der Waals surface area contributed by atoms with E-state index < -0.39 is 6.04 Å². The number of aromatic amines is 1. The van der Waals surface area contributed by atoms with Crippen molar-refractivity contribution in [2.75, 3.05) is 13.1 Å². The minimum Gasteiger partial charge on any atom is -0.345 e. The molecular weight excluding hydrogens is 420 g/mol. The molecule has 2 heterocycles. The number of nitrogens with zero attached hydrogens (tertiary/aromatic N) is 2. The third-order valence-corrected chi connectivity index (χ3v) is 5.75. The van der Waals surface area contributed by atoms with Gasteiger partial charge in [0.15, 0.2) is 5.78 Å². The molecule has 0 spiro atoms. The van der Waals surface area contributed by atoms with Gasteiger partial charge in [-0.2, -0.15) is 12.6 Å². The van der Waals surface area contributed by atoms with Crippen molar-refractivity contribution in [1.82, 2.24) is 14.9 Å². The molecule has 1 aromatic carbocycles. The summed E-state index contributed by atoms with van der Waals surface area (Å²) in [5.41, 5.74) is 1.58. The number of benzene rings is 1. The molecule has 28 heavy (non-hydrogen) atoms. The predicted molar refractivity (Wildman–Crippen MR) is 117 cm³/mol. The van der Waals surface area contributed by atoms with Crippen molar-refractivity contribution in [3.63, 3.8) is 0 Å². The molecule has 0 radical (unpaired) electrons. The second-order valence-corrected chi connectivity index (χ2v) is 7.69. The van der Waals surface area contributed by atoms with E-state index in [1.165, 1.54) is 6.07 Å². The van der Waals surface area contributed by atoms with Crippen LogP contribution in [0.2, 0.25) is 0 Å². The Kier molecular flexibility index (Phi) is 8.13. The topological polar surface area (TPSA) is 49.0 Å². The average Bonchev–Trinajstić information content (AvgIpc) is 3.37. The number of halogens is 3. The SMILES string of the molecule is Cl.Cl.O=C(C1CC1)C(c1ccccc1F)N1CCC(S)C(=Cc2ncc[nH]2)C1. The molecule has 1 aliphatic carbocycles. The van der Waals surface area contributed by atoms with Crippen LogP contribution in [-0.4, -0.2) is 39.0 Å². The number of carbonyl (C=O) groups is 1. The van der Waals surface area contributed by atoms with Gasteiger partial charge in [0.25, 0.3) is 0 Å². The second-order valence-electron chi connectivity index (χ2n) is 7.07. The minimum absolute atomic E-state index is 0. The number of ketones is 1. The number of hydrogen-bond donors (Lipinski definition) is 2. The summed E-state index contributed by atoms with van der Waals surface area (Å²) in [6.45, 7) is 1.31. The van der Waals surface area contributed by atoms with Crippen LogP contribution in [0.5, 0.6) is 0 Å². The monoisotopic (exact) mass is 443 g/mol. The number of rotatable bonds is 5. The van der Waals surface area contributed by atoms with E-state index in [9.17, 15) is 9.18 Å². The molecule has 1 saturated carbocycles. The summed E-state index contributed by atoms with van der Waals surface area (Å²) >= 11 is 4.69. The molecule has 1 N–H and O–H groups in total. The second kappa shape index (κ2) is 9.92. The number of nitrogens with one attached hydrogen (secondary N) is 1. The van der Waals surface area contributed by atoms with Gasteiger partial charge in [-0.3, -0.25) is 9.69 Å². The van der Waals surface area contributed by atoms with Crippen LogP contribution in [0.1, 0.15) is 36.7 Å². The predicted octanol–water partition coefficient (Wildman–Crippen LogP) is 4.50. The Morgan fingerprint density at radius 2 is 2.04 bits per heavy atom. The molecule has 4 nitrogen and oxygen atoms in total. The zero-order valence-corrected chi connectivity index (χ0v) is 17.8. The van der Waals surface area contributed by atoms with Crippen molar-refractivity contribution in [1.29, 1.82) is 0 Å². The molecule has 2 atom stereocenters. The van der Waals surface area contributed by atoms with Crippen LogP contribution in [0.3, 0.4) is 0 Å². The molecule has 4 rings (SSSR count). The van der Waals surface area contributed by atoms with Gasteiger partial charge in [-0.05, 0) is 37.0 Å². The fraction of sp³-hybridized carbons (Fsp3) is 0.400. The average molecular weight is 444 g/mol. The Balaban J connectivity index is 0.00000140. The molecule has 1 aromatic heterocycles. The van der Waals surface area contributed by atoms with Crippen LogP contribution in [0, 0.1) is 11.7 Å². The number of Topliss-reactive ketones (excluding diaryl/α,β-unsaturated/α-hetero) is 1. The Labute approximate surface area is 182 Å². The summed E-state index contributed by atoms with van der Waals surface area (Å²) in [6, 6.07) is 6.12. The summed E-state index contributed by atoms with van der Waals surface area (Å²) in [7, 11) is 0. The van der Waals surface area contributed by atoms with E-state index in [1.54, 1.807) is 30.6 Å². The van der Waals surface area contributed by atoms with Gasteiger partial charge in [-0.15, -0.1) is 24.8 Å². The van der Waals surface area contributed by atoms with Gasteiger partial charge in [0.1, 0.15) is 11.6 Å². The lowest BCUT2D eigenvalue weighted by molar-refractivity contribution is -0.126. The van der Waals surface area contributed by atoms with Crippen molar-refractivity contribution < 1.29 is 9.18 Å².